The summed E-state index contributed by atoms with van der Waals surface area (Å²) in [6.45, 7) is -0.836. The Labute approximate surface area is 206 Å². The van der Waals surface area contributed by atoms with E-state index in [2.05, 4.69) is 15.6 Å². The molecular weight excluding hydrogens is 479 g/mol. The number of alkyl carbamates (subject to hydrolysis) is 1. The van der Waals surface area contributed by atoms with E-state index in [-0.39, 0.29) is 31.3 Å². The van der Waals surface area contributed by atoms with Crippen molar-refractivity contribution in [3.63, 3.8) is 0 Å². The molecule has 1 aromatic carbocycles. The lowest BCUT2D eigenvalue weighted by Gasteiger charge is -2.30. The Kier molecular flexibility index (Phi) is 10.0. The molecule has 1 saturated heterocycles. The molecule has 1 aliphatic heterocycles. The molecule has 0 saturated carbocycles. The zero-order valence-corrected chi connectivity index (χ0v) is 19.6. The maximum absolute atomic E-state index is 12.6. The first-order valence-corrected chi connectivity index (χ1v) is 11.5. The lowest BCUT2D eigenvalue weighted by Crippen LogP contribution is -2.49. The van der Waals surface area contributed by atoms with E-state index in [1.54, 1.807) is 17.7 Å². The van der Waals surface area contributed by atoms with E-state index < -0.39 is 24.9 Å². The number of ether oxygens (including phenoxy) is 2. The molecule has 3 atom stereocenters. The average molecular weight is 510 g/mol. The van der Waals surface area contributed by atoms with Crippen LogP contribution >= 0.6 is 0 Å². The number of rotatable bonds is 10. The molecule has 1 fully saturated rings. The van der Waals surface area contributed by atoms with E-state index in [0.717, 1.165) is 11.1 Å². The van der Waals surface area contributed by atoms with Gasteiger partial charge in [0, 0.05) is 12.7 Å². The molecule has 2 heterocycles. The number of carbonyl (C=O) groups is 2. The van der Waals surface area contributed by atoms with E-state index in [9.17, 15) is 22.8 Å². The fourth-order valence-corrected chi connectivity index (χ4v) is 3.62. The second kappa shape index (κ2) is 13.2. The number of morpholine rings is 1. The Balaban J connectivity index is 1.40. The zero-order valence-electron chi connectivity index (χ0n) is 19.6. The van der Waals surface area contributed by atoms with Gasteiger partial charge in [-0.3, -0.25) is 9.78 Å². The Morgan fingerprint density at radius 1 is 1.25 bits per heavy atom. The number of aryl methyl sites for hydroxylation is 1. The summed E-state index contributed by atoms with van der Waals surface area (Å²) < 4.78 is 47.0. The van der Waals surface area contributed by atoms with Gasteiger partial charge in [-0.2, -0.15) is 13.2 Å². The van der Waals surface area contributed by atoms with Gasteiger partial charge in [-0.05, 0) is 36.5 Å². The van der Waals surface area contributed by atoms with E-state index in [4.69, 9.17) is 15.2 Å². The summed E-state index contributed by atoms with van der Waals surface area (Å²) in [6.07, 6.45) is -0.854. The number of nitrogens with two attached hydrogens (primary N) is 1. The molecule has 2 amide bonds. The summed E-state index contributed by atoms with van der Waals surface area (Å²) in [6, 6.07) is 10.3. The number of pyridine rings is 1. The normalized spacial score (nSPS) is 18.8. The predicted octanol–water partition coefficient (Wildman–Crippen LogP) is 2.17. The third-order valence-corrected chi connectivity index (χ3v) is 5.56. The number of aromatic nitrogens is 1. The molecule has 0 radical (unpaired) electrons. The third-order valence-electron chi connectivity index (χ3n) is 5.56. The largest absolute Gasteiger partial charge is 0.448 e. The quantitative estimate of drug-likeness (QED) is 0.387. The fourth-order valence-electron chi connectivity index (χ4n) is 3.62. The van der Waals surface area contributed by atoms with E-state index in [1.165, 1.54) is 0 Å². The Hall–Kier alpha value is -3.22. The standard InChI is InChI=1S/C24H30F3N5O4/c25-24(26,27)15-31-23(34)36-14-18-13-35-19(11-30-18)7-6-17-8-9-29-12-21(17)32-22(33)20(28)10-16-4-2-1-3-5-16/h1-5,8-9,12,18-20,30H,6-7,10-11,13-15,28H2,(H,31,34)(H,32,33)/t18-,19+,20-/m0/s1. The van der Waals surface area contributed by atoms with Gasteiger partial charge in [0.25, 0.3) is 0 Å². The van der Waals surface area contributed by atoms with Gasteiger partial charge in [0.1, 0.15) is 13.2 Å². The molecule has 0 bridgehead atoms. The van der Waals surface area contributed by atoms with Crippen molar-refractivity contribution in [1.82, 2.24) is 15.6 Å². The minimum absolute atomic E-state index is 0.111. The number of alkyl halides is 3. The number of anilines is 1. The first kappa shape index (κ1) is 27.4. The van der Waals surface area contributed by atoms with Crippen LogP contribution in [0.4, 0.5) is 23.7 Å². The van der Waals surface area contributed by atoms with Crippen LogP contribution in [0.2, 0.25) is 0 Å². The van der Waals surface area contributed by atoms with E-state index in [1.807, 2.05) is 36.4 Å². The molecule has 1 aliphatic rings. The summed E-state index contributed by atoms with van der Waals surface area (Å²) >= 11 is 0. The van der Waals surface area contributed by atoms with Crippen LogP contribution < -0.4 is 21.7 Å². The van der Waals surface area contributed by atoms with Crippen molar-refractivity contribution in [1.29, 1.82) is 0 Å². The molecule has 12 heteroatoms. The smallest absolute Gasteiger partial charge is 0.407 e. The second-order valence-corrected chi connectivity index (χ2v) is 8.48. The van der Waals surface area contributed by atoms with Crippen LogP contribution in [0.3, 0.4) is 0 Å². The number of nitrogens with zero attached hydrogens (tertiary/aromatic N) is 1. The van der Waals surface area contributed by atoms with Gasteiger partial charge in [0.15, 0.2) is 0 Å². The van der Waals surface area contributed by atoms with Crippen LogP contribution in [0, 0.1) is 0 Å². The molecule has 3 rings (SSSR count). The van der Waals surface area contributed by atoms with Crippen LogP contribution in [0.15, 0.2) is 48.8 Å². The van der Waals surface area contributed by atoms with Crippen molar-refractivity contribution in [3.8, 4) is 0 Å². The van der Waals surface area contributed by atoms with Crippen molar-refractivity contribution >= 4 is 17.7 Å². The molecule has 0 spiro atoms. The number of halogens is 3. The van der Waals surface area contributed by atoms with Crippen LogP contribution in [0.25, 0.3) is 0 Å². The molecule has 9 nitrogen and oxygen atoms in total. The van der Waals surface area contributed by atoms with Crippen molar-refractivity contribution in [2.24, 2.45) is 5.73 Å². The number of amides is 2. The number of carbonyl (C=O) groups excluding carboxylic acids is 2. The highest BCUT2D eigenvalue weighted by Gasteiger charge is 2.28. The maximum atomic E-state index is 12.6. The van der Waals surface area contributed by atoms with Crippen molar-refractivity contribution in [2.45, 2.75) is 43.6 Å². The molecule has 196 valence electrons. The SMILES string of the molecule is N[C@@H](Cc1ccccc1)C(=O)Nc1cnccc1CC[C@@H]1CN[C@H](COC(=O)NCC(F)(F)F)CO1. The minimum atomic E-state index is -4.50. The van der Waals surface area contributed by atoms with Gasteiger partial charge in [-0.15, -0.1) is 0 Å². The van der Waals surface area contributed by atoms with Gasteiger partial charge in [0.05, 0.1) is 36.7 Å². The Morgan fingerprint density at radius 2 is 2.03 bits per heavy atom. The average Bonchev–Trinajstić information content (AvgIpc) is 2.86. The summed E-state index contributed by atoms with van der Waals surface area (Å²) in [7, 11) is 0. The van der Waals surface area contributed by atoms with Gasteiger partial charge in [-0.1, -0.05) is 30.3 Å². The molecule has 36 heavy (non-hydrogen) atoms. The summed E-state index contributed by atoms with van der Waals surface area (Å²) in [5.41, 5.74) is 8.53. The summed E-state index contributed by atoms with van der Waals surface area (Å²) in [5, 5.41) is 7.68. The molecule has 1 aromatic heterocycles. The second-order valence-electron chi connectivity index (χ2n) is 8.48. The summed E-state index contributed by atoms with van der Waals surface area (Å²) in [4.78, 5) is 28.1. The molecule has 2 aromatic rings. The number of hydrogen-bond donors (Lipinski definition) is 4. The Bertz CT molecular complexity index is 985. The highest BCUT2D eigenvalue weighted by atomic mass is 19.4. The maximum Gasteiger partial charge on any atom is 0.407 e. The predicted molar refractivity (Wildman–Crippen MR) is 126 cm³/mol. The highest BCUT2D eigenvalue weighted by Crippen LogP contribution is 2.19. The number of nitrogens with one attached hydrogen (secondary N) is 3. The van der Waals surface area contributed by atoms with Crippen molar-refractivity contribution in [3.05, 3.63) is 59.9 Å². The van der Waals surface area contributed by atoms with Gasteiger partial charge < -0.3 is 31.2 Å². The van der Waals surface area contributed by atoms with E-state index >= 15 is 0 Å². The highest BCUT2D eigenvalue weighted by molar-refractivity contribution is 5.95. The van der Waals surface area contributed by atoms with Crippen molar-refractivity contribution in [2.75, 3.05) is 31.6 Å². The monoisotopic (exact) mass is 509 g/mol. The first-order valence-electron chi connectivity index (χ1n) is 11.5. The molecule has 5 N–H and O–H groups in total. The topological polar surface area (TPSA) is 128 Å². The lowest BCUT2D eigenvalue weighted by atomic mass is 10.0. The van der Waals surface area contributed by atoms with Crippen LogP contribution in [0.5, 0.6) is 0 Å². The van der Waals surface area contributed by atoms with Crippen LogP contribution in [-0.2, 0) is 27.1 Å². The Morgan fingerprint density at radius 3 is 2.72 bits per heavy atom. The van der Waals surface area contributed by atoms with Gasteiger partial charge in [-0.25, -0.2) is 4.79 Å². The van der Waals surface area contributed by atoms with Crippen molar-refractivity contribution < 1.29 is 32.2 Å². The molecule has 0 unspecified atom stereocenters. The minimum Gasteiger partial charge on any atom is -0.448 e. The van der Waals surface area contributed by atoms with Gasteiger partial charge in [0.2, 0.25) is 5.91 Å². The third kappa shape index (κ3) is 9.44. The zero-order chi connectivity index (χ0) is 26.0. The lowest BCUT2D eigenvalue weighted by molar-refractivity contribution is -0.124. The fraction of sp³-hybridized carbons (Fsp3) is 0.458. The summed E-state index contributed by atoms with van der Waals surface area (Å²) in [5.74, 6) is -0.300. The van der Waals surface area contributed by atoms with Crippen LogP contribution in [-0.4, -0.2) is 67.7 Å². The van der Waals surface area contributed by atoms with Crippen LogP contribution in [0.1, 0.15) is 17.5 Å². The van der Waals surface area contributed by atoms with E-state index in [0.29, 0.717) is 31.5 Å². The number of benzene rings is 1. The van der Waals surface area contributed by atoms with Gasteiger partial charge >= 0.3 is 12.3 Å². The first-order chi connectivity index (χ1) is 17.2. The molecule has 0 aliphatic carbocycles. The molecular formula is C24H30F3N5O4. The number of hydrogen-bond acceptors (Lipinski definition) is 7.